The molecule has 1 atom stereocenters. The molecule has 2 aromatic rings. The van der Waals surface area contributed by atoms with Crippen LogP contribution >= 0.6 is 23.4 Å². The van der Waals surface area contributed by atoms with Gasteiger partial charge in [0.25, 0.3) is 0 Å². The van der Waals surface area contributed by atoms with Crippen molar-refractivity contribution in [1.29, 1.82) is 0 Å². The highest BCUT2D eigenvalue weighted by Crippen LogP contribution is 2.28. The van der Waals surface area contributed by atoms with E-state index in [9.17, 15) is 18.4 Å². The van der Waals surface area contributed by atoms with Crippen LogP contribution in [0.15, 0.2) is 47.5 Å². The van der Waals surface area contributed by atoms with Crippen molar-refractivity contribution in [3.05, 3.63) is 59.1 Å². The second kappa shape index (κ2) is 7.84. The van der Waals surface area contributed by atoms with Gasteiger partial charge in [-0.1, -0.05) is 29.4 Å². The quantitative estimate of drug-likeness (QED) is 0.825. The van der Waals surface area contributed by atoms with Gasteiger partial charge in [-0.3, -0.25) is 9.59 Å². The van der Waals surface area contributed by atoms with Crippen LogP contribution in [0.25, 0.3) is 0 Å². The Morgan fingerprint density at radius 3 is 2.50 bits per heavy atom. The van der Waals surface area contributed by atoms with E-state index in [0.29, 0.717) is 10.7 Å². The highest BCUT2D eigenvalue weighted by molar-refractivity contribution is 8.15. The van der Waals surface area contributed by atoms with Crippen molar-refractivity contribution in [3.8, 4) is 0 Å². The molecule has 1 heterocycles. The number of hydrogen-bond donors (Lipinski definition) is 2. The number of aliphatic imine (C=N–C) groups is 1. The number of amides is 2. The summed E-state index contributed by atoms with van der Waals surface area (Å²) in [5.74, 6) is -2.50. The summed E-state index contributed by atoms with van der Waals surface area (Å²) < 4.78 is 27.3. The zero-order chi connectivity index (χ0) is 18.7. The third-order valence-corrected chi connectivity index (χ3v) is 4.76. The number of carbonyl (C=O) groups is 2. The van der Waals surface area contributed by atoms with Crippen LogP contribution in [0, 0.1) is 11.6 Å². The average Bonchev–Trinajstić information content (AvgIpc) is 2.93. The topological polar surface area (TPSA) is 70.6 Å². The lowest BCUT2D eigenvalue weighted by atomic mass is 10.2. The van der Waals surface area contributed by atoms with Gasteiger partial charge in [0.15, 0.2) is 16.8 Å². The number of anilines is 1. The standard InChI is InChI=1S/C17H12ClF2N3O2S/c18-9-4-6-10(7-5-9)21-14(24)8-13-16(25)23-17(26-13)22-15-11(19)2-1-3-12(15)20/h1-7,13H,8H2,(H,21,24)(H,22,23,25)/t13-/m0/s1. The van der Waals surface area contributed by atoms with Crippen LogP contribution in [0.2, 0.25) is 5.02 Å². The largest absolute Gasteiger partial charge is 0.326 e. The van der Waals surface area contributed by atoms with E-state index >= 15 is 0 Å². The maximum Gasteiger partial charge on any atom is 0.240 e. The minimum atomic E-state index is -0.837. The molecule has 2 N–H and O–H groups in total. The molecule has 1 aliphatic heterocycles. The first-order valence-corrected chi connectivity index (χ1v) is 8.74. The average molecular weight is 396 g/mol. The van der Waals surface area contributed by atoms with Gasteiger partial charge in [-0.15, -0.1) is 0 Å². The van der Waals surface area contributed by atoms with Crippen LogP contribution in [0.5, 0.6) is 0 Å². The van der Waals surface area contributed by atoms with Gasteiger partial charge >= 0.3 is 0 Å². The number of nitrogens with zero attached hydrogens (tertiary/aromatic N) is 1. The van der Waals surface area contributed by atoms with Gasteiger partial charge in [0.1, 0.15) is 10.9 Å². The number of amidine groups is 1. The lowest BCUT2D eigenvalue weighted by molar-refractivity contribution is -0.122. The summed E-state index contributed by atoms with van der Waals surface area (Å²) in [6.45, 7) is 0. The third kappa shape index (κ3) is 4.39. The fourth-order valence-corrected chi connectivity index (χ4v) is 3.30. The molecule has 1 fully saturated rings. The Bertz CT molecular complexity index is 870. The Labute approximate surface area is 156 Å². The van der Waals surface area contributed by atoms with Gasteiger partial charge < -0.3 is 10.6 Å². The molecule has 0 bridgehead atoms. The van der Waals surface area contributed by atoms with Crippen LogP contribution in [-0.2, 0) is 9.59 Å². The summed E-state index contributed by atoms with van der Waals surface area (Å²) in [6.07, 6.45) is -0.113. The molecule has 26 heavy (non-hydrogen) atoms. The van der Waals surface area contributed by atoms with E-state index in [1.807, 2.05) is 0 Å². The van der Waals surface area contributed by atoms with Crippen molar-refractivity contribution < 1.29 is 18.4 Å². The molecule has 0 aliphatic carbocycles. The summed E-state index contributed by atoms with van der Waals surface area (Å²) in [5.41, 5.74) is 0.0617. The van der Waals surface area contributed by atoms with Gasteiger partial charge in [0.2, 0.25) is 11.8 Å². The predicted octanol–water partition coefficient (Wildman–Crippen LogP) is 3.87. The summed E-state index contributed by atoms with van der Waals surface area (Å²) in [5, 5.41) is 4.92. The molecule has 0 unspecified atom stereocenters. The van der Waals surface area contributed by atoms with Crippen molar-refractivity contribution in [2.45, 2.75) is 11.7 Å². The fraction of sp³-hybridized carbons (Fsp3) is 0.118. The number of thioether (sulfide) groups is 1. The molecule has 3 rings (SSSR count). The normalized spacial score (nSPS) is 18.0. The van der Waals surface area contributed by atoms with E-state index in [1.165, 1.54) is 6.07 Å². The smallest absolute Gasteiger partial charge is 0.240 e. The predicted molar refractivity (Wildman–Crippen MR) is 97.7 cm³/mol. The minimum absolute atomic E-state index is 0.0447. The van der Waals surface area contributed by atoms with Gasteiger partial charge in [-0.05, 0) is 36.4 Å². The van der Waals surface area contributed by atoms with Crippen molar-refractivity contribution in [2.75, 3.05) is 5.32 Å². The number of carbonyl (C=O) groups excluding carboxylic acids is 2. The van der Waals surface area contributed by atoms with Crippen molar-refractivity contribution in [3.63, 3.8) is 0 Å². The maximum atomic E-state index is 13.6. The lowest BCUT2D eigenvalue weighted by Gasteiger charge is -2.07. The number of para-hydroxylation sites is 1. The molecule has 1 aliphatic rings. The minimum Gasteiger partial charge on any atom is -0.326 e. The third-order valence-electron chi connectivity index (χ3n) is 3.43. The van der Waals surface area contributed by atoms with Gasteiger partial charge in [0.05, 0.1) is 0 Å². The Morgan fingerprint density at radius 2 is 1.85 bits per heavy atom. The molecule has 0 saturated carbocycles. The molecular weight excluding hydrogens is 384 g/mol. The highest BCUT2D eigenvalue weighted by atomic mass is 35.5. The monoisotopic (exact) mass is 395 g/mol. The second-order valence-corrected chi connectivity index (χ2v) is 6.97. The molecule has 2 amide bonds. The van der Waals surface area contributed by atoms with Crippen molar-refractivity contribution in [1.82, 2.24) is 5.32 Å². The first-order chi connectivity index (χ1) is 12.4. The Balaban J connectivity index is 1.65. The van der Waals surface area contributed by atoms with E-state index in [2.05, 4.69) is 15.6 Å². The fourth-order valence-electron chi connectivity index (χ4n) is 2.20. The number of rotatable bonds is 4. The van der Waals surface area contributed by atoms with Gasteiger partial charge in [-0.2, -0.15) is 0 Å². The number of nitrogens with one attached hydrogen (secondary N) is 2. The molecule has 1 saturated heterocycles. The first-order valence-electron chi connectivity index (χ1n) is 7.48. The second-order valence-electron chi connectivity index (χ2n) is 5.34. The zero-order valence-electron chi connectivity index (χ0n) is 13.1. The summed E-state index contributed by atoms with van der Waals surface area (Å²) in [4.78, 5) is 27.9. The van der Waals surface area contributed by atoms with Crippen molar-refractivity contribution in [2.24, 2.45) is 4.99 Å². The van der Waals surface area contributed by atoms with Crippen LogP contribution in [0.3, 0.4) is 0 Å². The Morgan fingerprint density at radius 1 is 1.19 bits per heavy atom. The Kier molecular flexibility index (Phi) is 5.53. The molecule has 0 spiro atoms. The number of hydrogen-bond acceptors (Lipinski definition) is 4. The number of benzene rings is 2. The van der Waals surface area contributed by atoms with E-state index in [4.69, 9.17) is 11.6 Å². The summed E-state index contributed by atoms with van der Waals surface area (Å²) >= 11 is 6.72. The Hall–Kier alpha value is -2.45. The van der Waals surface area contributed by atoms with Crippen LogP contribution in [0.4, 0.5) is 20.2 Å². The maximum absolute atomic E-state index is 13.6. The van der Waals surface area contributed by atoms with E-state index < -0.39 is 28.5 Å². The highest BCUT2D eigenvalue weighted by Gasteiger charge is 2.32. The van der Waals surface area contributed by atoms with Gasteiger partial charge in [-0.25, -0.2) is 13.8 Å². The molecular formula is C17H12ClF2N3O2S. The summed E-state index contributed by atoms with van der Waals surface area (Å²) in [7, 11) is 0. The lowest BCUT2D eigenvalue weighted by Crippen LogP contribution is -2.28. The van der Waals surface area contributed by atoms with Crippen molar-refractivity contribution >= 4 is 51.7 Å². The summed E-state index contributed by atoms with van der Waals surface area (Å²) in [6, 6.07) is 9.89. The van der Waals surface area contributed by atoms with E-state index in [-0.39, 0.29) is 17.5 Å². The first kappa shape index (κ1) is 18.3. The number of halogens is 3. The molecule has 9 heteroatoms. The molecule has 2 aromatic carbocycles. The van der Waals surface area contributed by atoms with E-state index in [1.54, 1.807) is 24.3 Å². The van der Waals surface area contributed by atoms with Crippen LogP contribution in [0.1, 0.15) is 6.42 Å². The molecule has 0 aromatic heterocycles. The van der Waals surface area contributed by atoms with Gasteiger partial charge in [0, 0.05) is 17.1 Å². The molecule has 5 nitrogen and oxygen atoms in total. The van der Waals surface area contributed by atoms with Crippen LogP contribution in [-0.4, -0.2) is 22.2 Å². The van der Waals surface area contributed by atoms with Crippen LogP contribution < -0.4 is 10.6 Å². The molecule has 0 radical (unpaired) electrons. The van der Waals surface area contributed by atoms with E-state index in [0.717, 1.165) is 23.9 Å². The zero-order valence-corrected chi connectivity index (χ0v) is 14.7. The molecule has 134 valence electrons. The SMILES string of the molecule is O=C(C[C@@H]1SC(=Nc2c(F)cccc2F)NC1=O)Nc1ccc(Cl)cc1.